The Morgan fingerprint density at radius 1 is 0.967 bits per heavy atom. The maximum absolute atomic E-state index is 8.70. The summed E-state index contributed by atoms with van der Waals surface area (Å²) in [5.41, 5.74) is 3.76. The second kappa shape index (κ2) is 9.02. The van der Waals surface area contributed by atoms with Crippen LogP contribution in [0.3, 0.4) is 0 Å². The summed E-state index contributed by atoms with van der Waals surface area (Å²) in [6, 6.07) is 8.56. The number of piperidine rings is 1. The van der Waals surface area contributed by atoms with Crippen molar-refractivity contribution in [2.45, 2.75) is 77.0 Å². The molecular weight excluding hydrogens is 366 g/mol. The molecule has 1 aromatic carbocycles. The van der Waals surface area contributed by atoms with Crippen molar-refractivity contribution in [3.8, 4) is 0 Å². The Balaban J connectivity index is 1.13. The van der Waals surface area contributed by atoms with Crippen molar-refractivity contribution in [2.75, 3.05) is 31.5 Å². The van der Waals surface area contributed by atoms with E-state index in [0.29, 0.717) is 5.41 Å². The summed E-state index contributed by atoms with van der Waals surface area (Å²) >= 11 is 0. The van der Waals surface area contributed by atoms with Crippen molar-refractivity contribution in [3.05, 3.63) is 29.8 Å². The fourth-order valence-electron chi connectivity index (χ4n) is 7.76. The lowest BCUT2D eigenvalue weighted by molar-refractivity contribution is -0.0552. The van der Waals surface area contributed by atoms with E-state index in [1.807, 2.05) is 0 Å². The molecule has 0 amide bonds. The number of nitrogens with one attached hydrogen (secondary N) is 2. The zero-order valence-corrected chi connectivity index (χ0v) is 18.8. The van der Waals surface area contributed by atoms with Gasteiger partial charge in [-0.15, -0.1) is 0 Å². The minimum Gasteiger partial charge on any atom is -0.384 e. The van der Waals surface area contributed by atoms with Crippen LogP contribution >= 0.6 is 0 Å². The van der Waals surface area contributed by atoms with Crippen LogP contribution in [0.5, 0.6) is 0 Å². The lowest BCUT2D eigenvalue weighted by atomic mass is 9.49. The van der Waals surface area contributed by atoms with Gasteiger partial charge in [0.1, 0.15) is 0 Å². The Kier molecular flexibility index (Phi) is 6.18. The van der Waals surface area contributed by atoms with Gasteiger partial charge in [0, 0.05) is 23.5 Å². The molecule has 0 aromatic heterocycles. The molecule has 30 heavy (non-hydrogen) atoms. The first kappa shape index (κ1) is 20.5. The second-order valence-electron chi connectivity index (χ2n) is 11.1. The SMILES string of the molecule is N=C(CCCN1CCCCC1)c1ccccc1NCCC12CC3CC(CC(C3)C1)C2. The van der Waals surface area contributed by atoms with Crippen LogP contribution in [0.1, 0.15) is 82.6 Å². The predicted molar refractivity (Wildman–Crippen MR) is 127 cm³/mol. The molecule has 0 spiro atoms. The third-order valence-corrected chi connectivity index (χ3v) is 8.74. The Hall–Kier alpha value is -1.35. The third kappa shape index (κ3) is 4.61. The number of hydrogen-bond acceptors (Lipinski definition) is 3. The maximum atomic E-state index is 8.70. The molecule has 3 heteroatoms. The summed E-state index contributed by atoms with van der Waals surface area (Å²) in [7, 11) is 0. The van der Waals surface area contributed by atoms with Crippen LogP contribution in [-0.2, 0) is 0 Å². The van der Waals surface area contributed by atoms with E-state index in [1.54, 1.807) is 0 Å². The van der Waals surface area contributed by atoms with Gasteiger partial charge in [0.25, 0.3) is 0 Å². The van der Waals surface area contributed by atoms with Gasteiger partial charge in [-0.1, -0.05) is 24.6 Å². The molecule has 0 radical (unpaired) electrons. The highest BCUT2D eigenvalue weighted by molar-refractivity contribution is 6.02. The van der Waals surface area contributed by atoms with E-state index in [2.05, 4.69) is 34.5 Å². The van der Waals surface area contributed by atoms with Gasteiger partial charge in [0.15, 0.2) is 0 Å². The second-order valence-corrected chi connectivity index (χ2v) is 11.1. The number of nitrogens with zero attached hydrogens (tertiary/aromatic N) is 1. The van der Waals surface area contributed by atoms with Gasteiger partial charge in [-0.05, 0) is 119 Å². The normalized spacial score (nSPS) is 33.0. The molecule has 4 saturated carbocycles. The van der Waals surface area contributed by atoms with Gasteiger partial charge in [0.2, 0.25) is 0 Å². The zero-order chi connectivity index (χ0) is 20.4. The van der Waals surface area contributed by atoms with E-state index in [-0.39, 0.29) is 0 Å². The monoisotopic (exact) mass is 407 g/mol. The summed E-state index contributed by atoms with van der Waals surface area (Å²) in [5, 5.41) is 12.5. The summed E-state index contributed by atoms with van der Waals surface area (Å²) in [6.45, 7) is 4.75. The molecule has 1 heterocycles. The molecule has 2 N–H and O–H groups in total. The van der Waals surface area contributed by atoms with Crippen LogP contribution in [0.15, 0.2) is 24.3 Å². The fourth-order valence-corrected chi connectivity index (χ4v) is 7.76. The van der Waals surface area contributed by atoms with Crippen molar-refractivity contribution in [1.82, 2.24) is 4.90 Å². The van der Waals surface area contributed by atoms with Gasteiger partial charge in [0.05, 0.1) is 0 Å². The Morgan fingerprint density at radius 3 is 2.33 bits per heavy atom. The smallest absolute Gasteiger partial charge is 0.0432 e. The molecule has 6 rings (SSSR count). The van der Waals surface area contributed by atoms with Crippen LogP contribution in [0.2, 0.25) is 0 Å². The van der Waals surface area contributed by atoms with Crippen molar-refractivity contribution in [3.63, 3.8) is 0 Å². The van der Waals surface area contributed by atoms with Crippen LogP contribution in [0, 0.1) is 28.6 Å². The van der Waals surface area contributed by atoms with Crippen LogP contribution in [0.25, 0.3) is 0 Å². The molecule has 1 saturated heterocycles. The number of hydrogen-bond donors (Lipinski definition) is 2. The van der Waals surface area contributed by atoms with E-state index < -0.39 is 0 Å². The summed E-state index contributed by atoms with van der Waals surface area (Å²) in [6.07, 6.45) is 16.5. The average molecular weight is 408 g/mol. The Bertz CT molecular complexity index is 698. The molecule has 4 bridgehead atoms. The third-order valence-electron chi connectivity index (χ3n) is 8.74. The largest absolute Gasteiger partial charge is 0.384 e. The van der Waals surface area contributed by atoms with Gasteiger partial charge in [-0.2, -0.15) is 0 Å². The Morgan fingerprint density at radius 2 is 1.63 bits per heavy atom. The van der Waals surface area contributed by atoms with Crippen molar-refractivity contribution < 1.29 is 0 Å². The van der Waals surface area contributed by atoms with E-state index in [0.717, 1.165) is 55.0 Å². The number of likely N-dealkylation sites (tertiary alicyclic amines) is 1. The minimum absolute atomic E-state index is 0.638. The summed E-state index contributed by atoms with van der Waals surface area (Å²) < 4.78 is 0. The van der Waals surface area contributed by atoms with Crippen LogP contribution in [0.4, 0.5) is 5.69 Å². The molecule has 0 unspecified atom stereocenters. The fraction of sp³-hybridized carbons (Fsp3) is 0.741. The number of anilines is 1. The van der Waals surface area contributed by atoms with Crippen LogP contribution in [-0.4, -0.2) is 36.8 Å². The van der Waals surface area contributed by atoms with Gasteiger partial charge in [-0.25, -0.2) is 0 Å². The van der Waals surface area contributed by atoms with Gasteiger partial charge in [-0.3, -0.25) is 0 Å². The van der Waals surface area contributed by atoms with Crippen molar-refractivity contribution in [2.24, 2.45) is 23.2 Å². The average Bonchev–Trinajstić information content (AvgIpc) is 2.74. The summed E-state index contributed by atoms with van der Waals surface area (Å²) in [5.74, 6) is 3.12. The molecule has 1 aromatic rings. The van der Waals surface area contributed by atoms with Crippen molar-refractivity contribution in [1.29, 1.82) is 5.41 Å². The van der Waals surface area contributed by atoms with E-state index in [9.17, 15) is 0 Å². The highest BCUT2D eigenvalue weighted by Crippen LogP contribution is 2.61. The molecule has 1 aliphatic heterocycles. The minimum atomic E-state index is 0.638. The van der Waals surface area contributed by atoms with Gasteiger partial charge < -0.3 is 15.6 Å². The highest BCUT2D eigenvalue weighted by Gasteiger charge is 2.50. The molecule has 0 atom stereocenters. The molecular formula is C27H41N3. The van der Waals surface area contributed by atoms with E-state index in [4.69, 9.17) is 5.41 Å². The van der Waals surface area contributed by atoms with Crippen LogP contribution < -0.4 is 5.32 Å². The number of rotatable bonds is 9. The lowest BCUT2D eigenvalue weighted by Gasteiger charge is -2.57. The number of benzene rings is 1. The Labute approximate surface area is 183 Å². The first-order valence-corrected chi connectivity index (χ1v) is 12.8. The first-order valence-electron chi connectivity index (χ1n) is 12.8. The number of para-hydroxylation sites is 1. The molecule has 164 valence electrons. The molecule has 5 fully saturated rings. The van der Waals surface area contributed by atoms with E-state index >= 15 is 0 Å². The predicted octanol–water partition coefficient (Wildman–Crippen LogP) is 6.34. The lowest BCUT2D eigenvalue weighted by Crippen LogP contribution is -2.46. The molecule has 4 aliphatic carbocycles. The first-order chi connectivity index (χ1) is 14.7. The zero-order valence-electron chi connectivity index (χ0n) is 18.8. The highest BCUT2D eigenvalue weighted by atomic mass is 15.1. The molecule has 3 nitrogen and oxygen atoms in total. The molecule has 5 aliphatic rings. The topological polar surface area (TPSA) is 39.1 Å². The van der Waals surface area contributed by atoms with Gasteiger partial charge >= 0.3 is 0 Å². The maximum Gasteiger partial charge on any atom is 0.0432 e. The quantitative estimate of drug-likeness (QED) is 0.469. The summed E-state index contributed by atoms with van der Waals surface area (Å²) in [4.78, 5) is 2.59. The standard InChI is InChI=1S/C27H41N3/c28-25(8-6-14-30-12-4-1-5-13-30)24-7-2-3-9-26(24)29-11-10-27-18-21-15-22(19-27)17-23(16-21)20-27/h2-3,7,9,21-23,28-29H,1,4-6,8,10-20H2. The van der Waals surface area contributed by atoms with Crippen molar-refractivity contribution >= 4 is 11.4 Å². The van der Waals surface area contributed by atoms with E-state index in [1.165, 1.54) is 83.0 Å².